The molecule has 1 atom stereocenters. The number of likely N-dealkylation sites (tertiary alicyclic amines) is 1. The van der Waals surface area contributed by atoms with Gasteiger partial charge in [-0.15, -0.1) is 0 Å². The first-order valence-corrected chi connectivity index (χ1v) is 8.60. The maximum Gasteiger partial charge on any atom is 0.224 e. The second-order valence-corrected chi connectivity index (χ2v) is 6.91. The molecular formula is C17H27N3O3. The van der Waals surface area contributed by atoms with Crippen molar-refractivity contribution in [2.75, 3.05) is 19.7 Å². The van der Waals surface area contributed by atoms with Crippen LogP contribution >= 0.6 is 0 Å². The molecule has 1 spiro atoms. The van der Waals surface area contributed by atoms with Crippen LogP contribution < -0.4 is 0 Å². The third-order valence-electron chi connectivity index (χ3n) is 4.71. The lowest BCUT2D eigenvalue weighted by Gasteiger charge is -2.38. The van der Waals surface area contributed by atoms with Gasteiger partial charge in [-0.1, -0.05) is 13.8 Å². The zero-order valence-corrected chi connectivity index (χ0v) is 14.3. The Kier molecular flexibility index (Phi) is 4.73. The zero-order valence-electron chi connectivity index (χ0n) is 14.3. The predicted octanol–water partition coefficient (Wildman–Crippen LogP) is 2.15. The van der Waals surface area contributed by atoms with E-state index in [1.165, 1.54) is 0 Å². The summed E-state index contributed by atoms with van der Waals surface area (Å²) in [4.78, 5) is 18.8. The molecule has 6 nitrogen and oxygen atoms in total. The molecule has 0 N–H and O–H groups in total. The minimum absolute atomic E-state index is 0.160. The first-order valence-electron chi connectivity index (χ1n) is 8.60. The van der Waals surface area contributed by atoms with E-state index in [2.05, 4.69) is 23.4 Å². The lowest BCUT2D eigenvalue weighted by Crippen LogP contribution is -2.47. The molecule has 6 heteroatoms. The largest absolute Gasteiger partial charge is 0.347 e. The summed E-state index contributed by atoms with van der Waals surface area (Å²) in [5, 5.41) is 0. The van der Waals surface area contributed by atoms with Crippen molar-refractivity contribution in [3.63, 3.8) is 0 Å². The highest BCUT2D eigenvalue weighted by Gasteiger charge is 2.43. The van der Waals surface area contributed by atoms with Crippen molar-refractivity contribution in [3.8, 4) is 0 Å². The maximum absolute atomic E-state index is 12.5. The molecule has 23 heavy (non-hydrogen) atoms. The molecule has 1 amide bonds. The van der Waals surface area contributed by atoms with E-state index in [1.54, 1.807) is 6.20 Å². The minimum atomic E-state index is -0.439. The Balaban J connectivity index is 1.49. The number of nitrogens with zero attached hydrogens (tertiary/aromatic N) is 3. The number of aryl methyl sites for hydroxylation is 1. The molecule has 0 aromatic carbocycles. The van der Waals surface area contributed by atoms with Gasteiger partial charge in [-0.05, 0) is 6.92 Å². The fourth-order valence-electron chi connectivity index (χ4n) is 3.45. The number of amides is 1. The molecule has 0 bridgehead atoms. The van der Waals surface area contributed by atoms with E-state index >= 15 is 0 Å². The number of piperidine rings is 1. The molecule has 1 aromatic rings. The van der Waals surface area contributed by atoms with Crippen molar-refractivity contribution in [2.45, 2.75) is 64.4 Å². The number of aromatic nitrogens is 2. The van der Waals surface area contributed by atoms with Crippen LogP contribution in [0.25, 0.3) is 0 Å². The highest BCUT2D eigenvalue weighted by molar-refractivity contribution is 5.76. The molecule has 0 saturated carbocycles. The number of rotatable bonds is 4. The number of hydrogen-bond donors (Lipinski definition) is 0. The quantitative estimate of drug-likeness (QED) is 0.853. The lowest BCUT2D eigenvalue weighted by atomic mass is 10.0. The number of ether oxygens (including phenoxy) is 2. The van der Waals surface area contributed by atoms with Gasteiger partial charge in [-0.25, -0.2) is 4.98 Å². The smallest absolute Gasteiger partial charge is 0.224 e. The molecule has 2 aliphatic heterocycles. The van der Waals surface area contributed by atoms with E-state index in [9.17, 15) is 4.79 Å². The minimum Gasteiger partial charge on any atom is -0.347 e. The van der Waals surface area contributed by atoms with Crippen LogP contribution in [0.3, 0.4) is 0 Å². The summed E-state index contributed by atoms with van der Waals surface area (Å²) in [7, 11) is 0. The topological polar surface area (TPSA) is 56.6 Å². The number of carbonyl (C=O) groups is 1. The predicted molar refractivity (Wildman–Crippen MR) is 86.0 cm³/mol. The summed E-state index contributed by atoms with van der Waals surface area (Å²) in [6, 6.07) is 0. The van der Waals surface area contributed by atoms with Gasteiger partial charge in [-0.3, -0.25) is 4.79 Å². The van der Waals surface area contributed by atoms with Gasteiger partial charge in [0.1, 0.15) is 5.82 Å². The highest BCUT2D eigenvalue weighted by Crippen LogP contribution is 2.34. The SMILES string of the molecule is CC(C)c1nccn1CCC(=O)N1CCC2(CC1)OC[C@@H](C)O2. The second kappa shape index (κ2) is 6.61. The molecule has 1 aromatic heterocycles. The van der Waals surface area contributed by atoms with Gasteiger partial charge in [0.15, 0.2) is 5.79 Å². The fourth-order valence-corrected chi connectivity index (χ4v) is 3.45. The van der Waals surface area contributed by atoms with E-state index in [1.807, 2.05) is 18.0 Å². The average Bonchev–Trinajstić information content (AvgIpc) is 3.13. The molecule has 128 valence electrons. The van der Waals surface area contributed by atoms with E-state index in [4.69, 9.17) is 9.47 Å². The first-order chi connectivity index (χ1) is 11.0. The van der Waals surface area contributed by atoms with E-state index < -0.39 is 5.79 Å². The monoisotopic (exact) mass is 321 g/mol. The van der Waals surface area contributed by atoms with Crippen molar-refractivity contribution < 1.29 is 14.3 Å². The maximum atomic E-state index is 12.5. The van der Waals surface area contributed by atoms with Gasteiger partial charge in [0.2, 0.25) is 5.91 Å². The Labute approximate surface area is 137 Å². The van der Waals surface area contributed by atoms with Crippen LogP contribution in [0.1, 0.15) is 51.8 Å². The molecule has 2 fully saturated rings. The zero-order chi connectivity index (χ0) is 16.4. The van der Waals surface area contributed by atoms with E-state index in [-0.39, 0.29) is 12.0 Å². The van der Waals surface area contributed by atoms with Crippen LogP contribution in [0.4, 0.5) is 0 Å². The molecule has 3 heterocycles. The molecule has 0 unspecified atom stereocenters. The number of imidazole rings is 1. The van der Waals surface area contributed by atoms with E-state index in [0.717, 1.165) is 18.7 Å². The fraction of sp³-hybridized carbons (Fsp3) is 0.765. The summed E-state index contributed by atoms with van der Waals surface area (Å²) in [6.07, 6.45) is 5.97. The molecule has 0 aliphatic carbocycles. The van der Waals surface area contributed by atoms with Gasteiger partial charge in [0.25, 0.3) is 0 Å². The summed E-state index contributed by atoms with van der Waals surface area (Å²) in [5.74, 6) is 1.17. The van der Waals surface area contributed by atoms with Crippen molar-refractivity contribution in [1.82, 2.24) is 14.5 Å². The molecule has 3 rings (SSSR count). The first kappa shape index (κ1) is 16.5. The van der Waals surface area contributed by atoms with Gasteiger partial charge in [0.05, 0.1) is 12.7 Å². The summed E-state index contributed by atoms with van der Waals surface area (Å²) in [6.45, 7) is 9.05. The summed E-state index contributed by atoms with van der Waals surface area (Å²) >= 11 is 0. The summed E-state index contributed by atoms with van der Waals surface area (Å²) in [5.41, 5.74) is 0. The van der Waals surface area contributed by atoms with Crippen molar-refractivity contribution >= 4 is 5.91 Å². The third kappa shape index (κ3) is 3.58. The van der Waals surface area contributed by atoms with Gasteiger partial charge in [0, 0.05) is 57.2 Å². The van der Waals surface area contributed by atoms with Crippen LogP contribution in [-0.2, 0) is 20.8 Å². The van der Waals surface area contributed by atoms with Crippen molar-refractivity contribution in [3.05, 3.63) is 18.2 Å². The normalized spacial score (nSPS) is 23.8. The lowest BCUT2D eigenvalue weighted by molar-refractivity contribution is -0.194. The van der Waals surface area contributed by atoms with E-state index in [0.29, 0.717) is 38.6 Å². The Bertz CT molecular complexity index is 547. The standard InChI is InChI=1S/C17H27N3O3/c1-13(2)16-18-7-11-20(16)8-4-15(21)19-9-5-17(6-10-19)22-12-14(3)23-17/h7,11,13-14H,4-6,8-10,12H2,1-3H3/t14-/m1/s1. The number of carbonyl (C=O) groups excluding carboxylic acids is 1. The summed E-state index contributed by atoms with van der Waals surface area (Å²) < 4.78 is 13.8. The van der Waals surface area contributed by atoms with Crippen LogP contribution in [0.15, 0.2) is 12.4 Å². The molecule has 2 aliphatic rings. The Morgan fingerprint density at radius 1 is 1.43 bits per heavy atom. The molecule has 0 radical (unpaired) electrons. The van der Waals surface area contributed by atoms with Crippen LogP contribution in [0.2, 0.25) is 0 Å². The van der Waals surface area contributed by atoms with Crippen molar-refractivity contribution in [2.24, 2.45) is 0 Å². The van der Waals surface area contributed by atoms with Crippen LogP contribution in [-0.4, -0.2) is 51.9 Å². The third-order valence-corrected chi connectivity index (χ3v) is 4.71. The molecular weight excluding hydrogens is 294 g/mol. The number of hydrogen-bond acceptors (Lipinski definition) is 4. The van der Waals surface area contributed by atoms with Crippen molar-refractivity contribution in [1.29, 1.82) is 0 Å². The average molecular weight is 321 g/mol. The van der Waals surface area contributed by atoms with Gasteiger partial charge >= 0.3 is 0 Å². The highest BCUT2D eigenvalue weighted by atomic mass is 16.7. The Morgan fingerprint density at radius 3 is 2.78 bits per heavy atom. The van der Waals surface area contributed by atoms with Gasteiger partial charge < -0.3 is 18.9 Å². The Morgan fingerprint density at radius 2 is 2.17 bits per heavy atom. The molecule has 2 saturated heterocycles. The second-order valence-electron chi connectivity index (χ2n) is 6.91. The Hall–Kier alpha value is -1.40. The van der Waals surface area contributed by atoms with Crippen LogP contribution in [0.5, 0.6) is 0 Å². The van der Waals surface area contributed by atoms with Crippen LogP contribution in [0, 0.1) is 0 Å². The van der Waals surface area contributed by atoms with Gasteiger partial charge in [-0.2, -0.15) is 0 Å².